The highest BCUT2D eigenvalue weighted by molar-refractivity contribution is 7.89. The number of hydrogen-bond donors (Lipinski definition) is 1. The number of benzene rings is 2. The van der Waals surface area contributed by atoms with E-state index in [1.807, 2.05) is 6.07 Å². The summed E-state index contributed by atoms with van der Waals surface area (Å²) in [6.07, 6.45) is 0. The van der Waals surface area contributed by atoms with Crippen LogP contribution in [0.1, 0.15) is 18.1 Å². The normalized spacial score (nSPS) is 12.8. The molecule has 1 aliphatic heterocycles. The summed E-state index contributed by atoms with van der Waals surface area (Å²) in [4.78, 5) is 12.5. The zero-order valence-corrected chi connectivity index (χ0v) is 17.4. The molecule has 0 aromatic heterocycles. The summed E-state index contributed by atoms with van der Waals surface area (Å²) < 4.78 is 42.7. The van der Waals surface area contributed by atoms with Crippen molar-refractivity contribution in [2.24, 2.45) is 0 Å². The summed E-state index contributed by atoms with van der Waals surface area (Å²) in [5, 5.41) is 2.75. The topological polar surface area (TPSA) is 94.2 Å². The van der Waals surface area contributed by atoms with Crippen LogP contribution in [0, 0.1) is 6.92 Å². The Kier molecular flexibility index (Phi) is 6.29. The highest BCUT2D eigenvalue weighted by atomic mass is 32.2. The number of nitrogens with one attached hydrogen (secondary N) is 1. The molecule has 0 saturated carbocycles. The molecular weight excluding hydrogens is 396 g/mol. The van der Waals surface area contributed by atoms with Gasteiger partial charge in [0, 0.05) is 13.1 Å². The van der Waals surface area contributed by atoms with E-state index >= 15 is 0 Å². The van der Waals surface area contributed by atoms with Crippen LogP contribution >= 0.6 is 0 Å². The first-order valence-corrected chi connectivity index (χ1v) is 10.6. The zero-order chi connectivity index (χ0) is 21.0. The first-order chi connectivity index (χ1) is 13.8. The molecule has 2 aromatic rings. The number of hydrogen-bond acceptors (Lipinski definition) is 6. The van der Waals surface area contributed by atoms with Gasteiger partial charge in [-0.05, 0) is 48.4 Å². The van der Waals surface area contributed by atoms with E-state index < -0.39 is 15.9 Å². The van der Waals surface area contributed by atoms with Gasteiger partial charge in [-0.15, -0.1) is 0 Å². The molecule has 0 bridgehead atoms. The average molecular weight is 420 g/mol. The molecule has 1 amide bonds. The molecule has 0 fully saturated rings. The van der Waals surface area contributed by atoms with Crippen molar-refractivity contribution >= 4 is 15.9 Å². The fourth-order valence-electron chi connectivity index (χ4n) is 2.99. The van der Waals surface area contributed by atoms with Crippen LogP contribution in [-0.2, 0) is 21.4 Å². The highest BCUT2D eigenvalue weighted by Gasteiger charge is 2.26. The third-order valence-corrected chi connectivity index (χ3v) is 6.52. The molecule has 156 valence electrons. The van der Waals surface area contributed by atoms with Gasteiger partial charge in [0.1, 0.15) is 5.75 Å². The van der Waals surface area contributed by atoms with Gasteiger partial charge < -0.3 is 19.5 Å². The fourth-order valence-corrected chi connectivity index (χ4v) is 4.49. The van der Waals surface area contributed by atoms with E-state index in [2.05, 4.69) is 5.32 Å². The van der Waals surface area contributed by atoms with E-state index in [1.54, 1.807) is 38.1 Å². The molecule has 8 nitrogen and oxygen atoms in total. The number of sulfonamides is 1. The van der Waals surface area contributed by atoms with Crippen LogP contribution in [0.25, 0.3) is 0 Å². The van der Waals surface area contributed by atoms with Crippen molar-refractivity contribution in [3.05, 3.63) is 47.5 Å². The molecular formula is C20H24N2O6S. The van der Waals surface area contributed by atoms with Gasteiger partial charge in [-0.25, -0.2) is 8.42 Å². The quantitative estimate of drug-likeness (QED) is 0.703. The Morgan fingerprint density at radius 3 is 2.62 bits per heavy atom. The second-order valence-corrected chi connectivity index (χ2v) is 8.46. The summed E-state index contributed by atoms with van der Waals surface area (Å²) in [5.74, 6) is 1.51. The standard InChI is InChI=1S/C20H24N2O6S/c1-4-22(29(24,25)16-6-8-17(26-3)14(2)9-16)12-20(23)21-11-15-5-7-18-19(10-15)28-13-27-18/h5-10H,4,11-13H2,1-3H3,(H,21,23). The number of carbonyl (C=O) groups excluding carboxylic acids is 1. The van der Waals surface area contributed by atoms with Gasteiger partial charge in [0.25, 0.3) is 0 Å². The molecule has 0 atom stereocenters. The molecule has 0 spiro atoms. The van der Waals surface area contributed by atoms with E-state index in [9.17, 15) is 13.2 Å². The van der Waals surface area contributed by atoms with Crippen molar-refractivity contribution in [1.82, 2.24) is 9.62 Å². The van der Waals surface area contributed by atoms with Gasteiger partial charge in [-0.3, -0.25) is 4.79 Å². The van der Waals surface area contributed by atoms with E-state index in [0.717, 1.165) is 9.87 Å². The summed E-state index contributed by atoms with van der Waals surface area (Å²) in [6.45, 7) is 3.80. The minimum absolute atomic E-state index is 0.126. The number of likely N-dealkylation sites (N-methyl/N-ethyl adjacent to an activating group) is 1. The number of methoxy groups -OCH3 is 1. The predicted molar refractivity (Wildman–Crippen MR) is 107 cm³/mol. The minimum atomic E-state index is -3.80. The van der Waals surface area contributed by atoms with Crippen LogP contribution in [0.2, 0.25) is 0 Å². The highest BCUT2D eigenvalue weighted by Crippen LogP contribution is 2.32. The Hall–Kier alpha value is -2.78. The zero-order valence-electron chi connectivity index (χ0n) is 16.6. The number of nitrogens with zero attached hydrogens (tertiary/aromatic N) is 1. The molecule has 0 aliphatic carbocycles. The Morgan fingerprint density at radius 1 is 1.17 bits per heavy atom. The van der Waals surface area contributed by atoms with E-state index in [4.69, 9.17) is 14.2 Å². The van der Waals surface area contributed by atoms with Gasteiger partial charge >= 0.3 is 0 Å². The average Bonchev–Trinajstić information content (AvgIpc) is 3.18. The van der Waals surface area contributed by atoms with Gasteiger partial charge in [0.2, 0.25) is 22.7 Å². The Balaban J connectivity index is 1.65. The Bertz CT molecular complexity index is 1010. The monoisotopic (exact) mass is 420 g/mol. The molecule has 9 heteroatoms. The van der Waals surface area contributed by atoms with Crippen LogP contribution in [0.4, 0.5) is 0 Å². The van der Waals surface area contributed by atoms with Crippen molar-refractivity contribution in [3.63, 3.8) is 0 Å². The van der Waals surface area contributed by atoms with Crippen LogP contribution in [0.3, 0.4) is 0 Å². The third kappa shape index (κ3) is 4.63. The maximum atomic E-state index is 12.9. The van der Waals surface area contributed by atoms with Crippen LogP contribution in [0.15, 0.2) is 41.3 Å². The Morgan fingerprint density at radius 2 is 1.93 bits per heavy atom. The maximum Gasteiger partial charge on any atom is 0.243 e. The summed E-state index contributed by atoms with van der Waals surface area (Å²) in [7, 11) is -2.28. The lowest BCUT2D eigenvalue weighted by atomic mass is 10.2. The second kappa shape index (κ2) is 8.71. The van der Waals surface area contributed by atoms with Crippen molar-refractivity contribution < 1.29 is 27.4 Å². The van der Waals surface area contributed by atoms with Crippen molar-refractivity contribution in [3.8, 4) is 17.2 Å². The maximum absolute atomic E-state index is 12.9. The van der Waals surface area contributed by atoms with Crippen molar-refractivity contribution in [1.29, 1.82) is 0 Å². The van der Waals surface area contributed by atoms with Gasteiger partial charge in [0.15, 0.2) is 11.5 Å². The summed E-state index contributed by atoms with van der Waals surface area (Å²) in [5.41, 5.74) is 1.54. The van der Waals surface area contributed by atoms with Crippen LogP contribution < -0.4 is 19.5 Å². The second-order valence-electron chi connectivity index (χ2n) is 6.53. The third-order valence-electron chi connectivity index (χ3n) is 4.60. The number of ether oxygens (including phenoxy) is 3. The van der Waals surface area contributed by atoms with Crippen LogP contribution in [0.5, 0.6) is 17.2 Å². The molecule has 1 N–H and O–H groups in total. The van der Waals surface area contributed by atoms with E-state index in [-0.39, 0.29) is 31.3 Å². The largest absolute Gasteiger partial charge is 0.496 e. The van der Waals surface area contributed by atoms with E-state index in [0.29, 0.717) is 22.8 Å². The Labute approximate surface area is 170 Å². The molecule has 29 heavy (non-hydrogen) atoms. The summed E-state index contributed by atoms with van der Waals surface area (Å²) >= 11 is 0. The SMILES string of the molecule is CCN(CC(=O)NCc1ccc2c(c1)OCO2)S(=O)(=O)c1ccc(OC)c(C)c1. The molecule has 0 radical (unpaired) electrons. The molecule has 0 unspecified atom stereocenters. The molecule has 0 saturated heterocycles. The number of rotatable bonds is 8. The lowest BCUT2D eigenvalue weighted by Gasteiger charge is -2.20. The first kappa shape index (κ1) is 20.9. The van der Waals surface area contributed by atoms with Gasteiger partial charge in [0.05, 0.1) is 18.6 Å². The number of carbonyl (C=O) groups is 1. The number of amides is 1. The van der Waals surface area contributed by atoms with Gasteiger partial charge in [-0.1, -0.05) is 13.0 Å². The lowest BCUT2D eigenvalue weighted by Crippen LogP contribution is -2.40. The molecule has 1 aliphatic rings. The smallest absolute Gasteiger partial charge is 0.243 e. The fraction of sp³-hybridized carbons (Fsp3) is 0.350. The van der Waals surface area contributed by atoms with E-state index in [1.165, 1.54) is 13.2 Å². The van der Waals surface area contributed by atoms with Crippen molar-refractivity contribution in [2.75, 3.05) is 27.0 Å². The first-order valence-electron chi connectivity index (χ1n) is 9.15. The predicted octanol–water partition coefficient (Wildman–Crippen LogP) is 2.06. The number of fused-ring (bicyclic) bond motifs is 1. The number of aryl methyl sites for hydroxylation is 1. The van der Waals surface area contributed by atoms with Gasteiger partial charge in [-0.2, -0.15) is 4.31 Å². The summed E-state index contributed by atoms with van der Waals surface area (Å²) in [6, 6.07) is 10.0. The minimum Gasteiger partial charge on any atom is -0.496 e. The van der Waals surface area contributed by atoms with Crippen LogP contribution in [-0.4, -0.2) is 45.6 Å². The van der Waals surface area contributed by atoms with Crippen molar-refractivity contribution in [2.45, 2.75) is 25.3 Å². The molecule has 1 heterocycles. The molecule has 3 rings (SSSR count). The molecule has 2 aromatic carbocycles. The lowest BCUT2D eigenvalue weighted by molar-refractivity contribution is -0.121.